The van der Waals surface area contributed by atoms with Gasteiger partial charge in [-0.3, -0.25) is 0 Å². The van der Waals surface area contributed by atoms with Gasteiger partial charge < -0.3 is 9.47 Å². The van der Waals surface area contributed by atoms with E-state index in [1.54, 1.807) is 0 Å². The summed E-state index contributed by atoms with van der Waals surface area (Å²) >= 11 is 0. The molecule has 1 aromatic rings. The van der Waals surface area contributed by atoms with Gasteiger partial charge in [0.15, 0.2) is 0 Å². The normalized spacial score (nSPS) is 14.2. The number of unbranched alkanes of at least 4 members (excludes halogenated alkanes) is 18. The van der Waals surface area contributed by atoms with Crippen LogP contribution in [0.25, 0.3) is 0 Å². The number of hydrogen-bond acceptors (Lipinski definition) is 2. The van der Waals surface area contributed by atoms with Crippen LogP contribution in [0.5, 0.6) is 0 Å². The molecule has 0 radical (unpaired) electrons. The van der Waals surface area contributed by atoms with Crippen molar-refractivity contribution in [3.63, 3.8) is 0 Å². The van der Waals surface area contributed by atoms with E-state index in [4.69, 9.17) is 0 Å². The second kappa shape index (κ2) is 23.5. The molecule has 0 fully saturated rings. The predicted molar refractivity (Wildman–Crippen MR) is 188 cm³/mol. The maximum Gasteiger partial charge on any atom is 0.430 e. The van der Waals surface area contributed by atoms with Crippen LogP contribution in [-0.2, 0) is 20.7 Å². The molecule has 0 heterocycles. The third-order valence-electron chi connectivity index (χ3n) is 10.2. The maximum atomic E-state index is 14.8. The second-order valence-corrected chi connectivity index (χ2v) is 14.6. The quantitative estimate of drug-likeness (QED) is 0.0621. The van der Waals surface area contributed by atoms with Crippen LogP contribution in [0.1, 0.15) is 185 Å². The smallest absolute Gasteiger partial charge is 0.354 e. The Morgan fingerprint density at radius 1 is 0.407 bits per heavy atom. The highest BCUT2D eigenvalue weighted by molar-refractivity contribution is 5.42. The van der Waals surface area contributed by atoms with Gasteiger partial charge in [-0.1, -0.05) is 155 Å². The van der Waals surface area contributed by atoms with E-state index in [1.807, 2.05) is 0 Å². The standard InChI is InChI=1S/C40H62F12O2/c1-5-8-10-12-14-16-18-20-22-24-26-53-35(37(41,42)43,38(44,45)46)33-28-32(31(4)7-3)29-34(30-33)36(39(47,48)49,40(50,51)52)54-27-25-23-21-19-17-15-13-11-9-6-2/h28-31H,5-27H2,1-4H3. The Hall–Kier alpha value is -1.70. The number of halogens is 12. The van der Waals surface area contributed by atoms with Gasteiger partial charge in [-0.05, 0) is 36.8 Å². The molecular formula is C40H62F12O2. The van der Waals surface area contributed by atoms with Crippen molar-refractivity contribution in [2.75, 3.05) is 13.2 Å². The summed E-state index contributed by atoms with van der Waals surface area (Å²) in [5, 5.41) is 0. The number of ether oxygens (including phenoxy) is 2. The fourth-order valence-corrected chi connectivity index (χ4v) is 6.68. The van der Waals surface area contributed by atoms with Gasteiger partial charge >= 0.3 is 24.7 Å². The lowest BCUT2D eigenvalue weighted by Gasteiger charge is -2.41. The van der Waals surface area contributed by atoms with Crippen molar-refractivity contribution in [2.45, 2.75) is 204 Å². The van der Waals surface area contributed by atoms with E-state index in [-0.39, 0.29) is 38.2 Å². The van der Waals surface area contributed by atoms with Gasteiger partial charge in [-0.15, -0.1) is 0 Å². The first-order chi connectivity index (χ1) is 25.2. The molecule has 0 aliphatic heterocycles. The van der Waals surface area contributed by atoms with E-state index in [0.717, 1.165) is 77.0 Å². The Morgan fingerprint density at radius 2 is 0.667 bits per heavy atom. The van der Waals surface area contributed by atoms with Crippen LogP contribution in [-0.4, -0.2) is 37.9 Å². The molecule has 54 heavy (non-hydrogen) atoms. The molecular weight excluding hydrogens is 740 g/mol. The Kier molecular flexibility index (Phi) is 21.9. The summed E-state index contributed by atoms with van der Waals surface area (Å²) in [5.74, 6) is -1.02. The minimum atomic E-state index is -6.31. The molecule has 0 aliphatic rings. The molecule has 0 bridgehead atoms. The van der Waals surface area contributed by atoms with Crippen LogP contribution in [0.2, 0.25) is 0 Å². The highest BCUT2D eigenvalue weighted by atomic mass is 19.4. The van der Waals surface area contributed by atoms with Crippen molar-refractivity contribution in [2.24, 2.45) is 0 Å². The average Bonchev–Trinajstić information content (AvgIpc) is 3.06. The van der Waals surface area contributed by atoms with Crippen molar-refractivity contribution >= 4 is 0 Å². The van der Waals surface area contributed by atoms with Crippen molar-refractivity contribution in [1.29, 1.82) is 0 Å². The largest absolute Gasteiger partial charge is 0.430 e. The molecule has 0 amide bonds. The lowest BCUT2D eigenvalue weighted by atomic mass is 9.81. The van der Waals surface area contributed by atoms with Gasteiger partial charge in [-0.2, -0.15) is 52.7 Å². The zero-order chi connectivity index (χ0) is 41.1. The van der Waals surface area contributed by atoms with Crippen LogP contribution in [0.15, 0.2) is 18.2 Å². The summed E-state index contributed by atoms with van der Waals surface area (Å²) < 4.78 is 187. The number of alkyl halides is 12. The summed E-state index contributed by atoms with van der Waals surface area (Å²) in [6.45, 7) is 4.70. The Labute approximate surface area is 314 Å². The van der Waals surface area contributed by atoms with Gasteiger partial charge in [0.25, 0.3) is 11.2 Å². The molecule has 0 N–H and O–H groups in total. The topological polar surface area (TPSA) is 18.5 Å². The molecule has 1 unspecified atom stereocenters. The first-order valence-corrected chi connectivity index (χ1v) is 19.9. The minimum Gasteiger partial charge on any atom is -0.354 e. The third-order valence-corrected chi connectivity index (χ3v) is 10.2. The van der Waals surface area contributed by atoms with Crippen LogP contribution >= 0.6 is 0 Å². The Bertz CT molecular complexity index is 1030. The fourth-order valence-electron chi connectivity index (χ4n) is 6.68. The van der Waals surface area contributed by atoms with Crippen molar-refractivity contribution in [3.8, 4) is 0 Å². The fraction of sp³-hybridized carbons (Fsp3) is 0.850. The van der Waals surface area contributed by atoms with Crippen LogP contribution in [0.3, 0.4) is 0 Å². The second-order valence-electron chi connectivity index (χ2n) is 14.6. The van der Waals surface area contributed by atoms with Gasteiger partial charge in [-0.25, -0.2) is 0 Å². The molecule has 0 saturated carbocycles. The lowest BCUT2D eigenvalue weighted by molar-refractivity contribution is -0.391. The molecule has 318 valence electrons. The van der Waals surface area contributed by atoms with Crippen molar-refractivity contribution in [1.82, 2.24) is 0 Å². The molecule has 1 rings (SSSR count). The zero-order valence-electron chi connectivity index (χ0n) is 32.4. The summed E-state index contributed by atoms with van der Waals surface area (Å²) in [5.41, 5.74) is -14.8. The molecule has 1 aromatic carbocycles. The Morgan fingerprint density at radius 3 is 0.907 bits per heavy atom. The minimum absolute atomic E-state index is 0.0160. The summed E-state index contributed by atoms with van der Waals surface area (Å²) in [6.07, 6.45) is -10.8. The average molecular weight is 803 g/mol. The van der Waals surface area contributed by atoms with Gasteiger partial charge in [0.1, 0.15) is 0 Å². The van der Waals surface area contributed by atoms with E-state index in [1.165, 1.54) is 13.8 Å². The molecule has 0 aliphatic carbocycles. The van der Waals surface area contributed by atoms with E-state index in [0.29, 0.717) is 37.8 Å². The highest BCUT2D eigenvalue weighted by Gasteiger charge is 2.76. The van der Waals surface area contributed by atoms with Gasteiger partial charge in [0.2, 0.25) is 0 Å². The Balaban J connectivity index is 3.52. The first kappa shape index (κ1) is 50.3. The summed E-state index contributed by atoms with van der Waals surface area (Å²) in [7, 11) is 0. The summed E-state index contributed by atoms with van der Waals surface area (Å²) in [4.78, 5) is 0. The molecule has 0 saturated heterocycles. The van der Waals surface area contributed by atoms with E-state index < -0.39 is 71.7 Å². The zero-order valence-corrected chi connectivity index (χ0v) is 32.4. The molecule has 2 nitrogen and oxygen atoms in total. The maximum absolute atomic E-state index is 14.8. The number of rotatable bonds is 28. The summed E-state index contributed by atoms with van der Waals surface area (Å²) in [6, 6.07) is 0.388. The molecule has 14 heteroatoms. The van der Waals surface area contributed by atoms with Crippen LogP contribution < -0.4 is 0 Å². The van der Waals surface area contributed by atoms with Gasteiger partial charge in [0.05, 0.1) is 0 Å². The predicted octanol–water partition coefficient (Wildman–Crippen LogP) is 15.7. The molecule has 0 spiro atoms. The van der Waals surface area contributed by atoms with E-state index >= 15 is 0 Å². The first-order valence-electron chi connectivity index (χ1n) is 19.9. The third kappa shape index (κ3) is 14.4. The van der Waals surface area contributed by atoms with E-state index in [2.05, 4.69) is 23.3 Å². The highest BCUT2D eigenvalue weighted by Crippen LogP contribution is 2.57. The van der Waals surface area contributed by atoms with Crippen molar-refractivity contribution in [3.05, 3.63) is 34.9 Å². The lowest BCUT2D eigenvalue weighted by Crippen LogP contribution is -2.58. The number of benzene rings is 1. The monoisotopic (exact) mass is 802 g/mol. The number of hydrogen-bond donors (Lipinski definition) is 0. The van der Waals surface area contributed by atoms with Crippen LogP contribution in [0, 0.1) is 0 Å². The van der Waals surface area contributed by atoms with Crippen molar-refractivity contribution < 1.29 is 62.2 Å². The SMILES string of the molecule is CCCCCCCCCCCCOC(c1cc(C(C)CC)cc(C(OCCCCCCCCCCCC)(C(F)(F)F)C(F)(F)F)c1)(C(F)(F)F)C(F)(F)F. The van der Waals surface area contributed by atoms with Crippen LogP contribution in [0.4, 0.5) is 52.7 Å². The van der Waals surface area contributed by atoms with Gasteiger partial charge in [0, 0.05) is 24.3 Å². The molecule has 1 atom stereocenters. The molecule has 0 aromatic heterocycles. The van der Waals surface area contributed by atoms with E-state index in [9.17, 15) is 52.7 Å².